The average Bonchev–Trinajstić information content (AvgIpc) is 2.98. The molecule has 0 aliphatic carbocycles. The molecule has 23 heavy (non-hydrogen) atoms. The molecule has 0 saturated carbocycles. The number of furan rings is 1. The van der Waals surface area contributed by atoms with Gasteiger partial charge in [-0.15, -0.1) is 0 Å². The molecule has 1 fully saturated rings. The molecule has 1 aliphatic rings. The predicted molar refractivity (Wildman–Crippen MR) is 91.5 cm³/mol. The van der Waals surface area contributed by atoms with Crippen LogP contribution in [-0.2, 0) is 6.54 Å². The number of piperidine rings is 1. The fraction of sp³-hybridized carbons (Fsp3) is 0.421. The molecule has 1 aliphatic heterocycles. The molecular formula is C19H24N2O2. The Balaban J connectivity index is 1.59. The van der Waals surface area contributed by atoms with E-state index >= 15 is 0 Å². The van der Waals surface area contributed by atoms with E-state index in [4.69, 9.17) is 4.42 Å². The number of aryl methyl sites for hydroxylation is 1. The van der Waals surface area contributed by atoms with Gasteiger partial charge in [0, 0.05) is 5.69 Å². The van der Waals surface area contributed by atoms with Crippen LogP contribution in [0.3, 0.4) is 0 Å². The lowest BCUT2D eigenvalue weighted by molar-refractivity contribution is 0.0991. The Morgan fingerprint density at radius 2 is 2.04 bits per heavy atom. The highest BCUT2D eigenvalue weighted by molar-refractivity contribution is 6.02. The van der Waals surface area contributed by atoms with Gasteiger partial charge >= 0.3 is 0 Å². The monoisotopic (exact) mass is 312 g/mol. The number of hydrogen-bond donors (Lipinski definition) is 1. The lowest BCUT2D eigenvalue weighted by atomic mass is 9.99. The maximum Gasteiger partial charge on any atom is 0.291 e. The quantitative estimate of drug-likeness (QED) is 0.925. The number of anilines is 1. The van der Waals surface area contributed by atoms with Gasteiger partial charge in [-0.25, -0.2) is 0 Å². The van der Waals surface area contributed by atoms with E-state index in [1.165, 1.54) is 12.8 Å². The molecule has 1 aromatic heterocycles. The van der Waals surface area contributed by atoms with Crippen molar-refractivity contribution in [2.75, 3.05) is 18.4 Å². The van der Waals surface area contributed by atoms with E-state index in [1.54, 1.807) is 6.07 Å². The molecule has 0 unspecified atom stereocenters. The Bertz CT molecular complexity index is 670. The van der Waals surface area contributed by atoms with Gasteiger partial charge in [0.05, 0.1) is 6.54 Å². The number of likely N-dealkylation sites (tertiary alicyclic amines) is 1. The van der Waals surface area contributed by atoms with Crippen molar-refractivity contribution in [1.29, 1.82) is 0 Å². The number of carbonyl (C=O) groups excluding carboxylic acids is 1. The summed E-state index contributed by atoms with van der Waals surface area (Å²) in [5.74, 6) is 1.84. The lowest BCUT2D eigenvalue weighted by Crippen LogP contribution is -2.32. The van der Waals surface area contributed by atoms with Crippen LogP contribution >= 0.6 is 0 Å². The van der Waals surface area contributed by atoms with Crippen LogP contribution in [0.5, 0.6) is 0 Å². The Labute approximate surface area is 137 Å². The molecule has 0 radical (unpaired) electrons. The number of benzene rings is 1. The van der Waals surface area contributed by atoms with Gasteiger partial charge in [0.25, 0.3) is 5.91 Å². The summed E-state index contributed by atoms with van der Waals surface area (Å²) in [5, 5.41) is 2.88. The third-order valence-electron chi connectivity index (χ3n) is 4.42. The lowest BCUT2D eigenvalue weighted by Gasteiger charge is -2.29. The third-order valence-corrected chi connectivity index (χ3v) is 4.42. The number of amides is 1. The first-order chi connectivity index (χ1) is 11.1. The summed E-state index contributed by atoms with van der Waals surface area (Å²) in [6.07, 6.45) is 2.48. The van der Waals surface area contributed by atoms with Crippen molar-refractivity contribution in [2.24, 2.45) is 5.92 Å². The molecule has 1 saturated heterocycles. The number of hydrogen-bond acceptors (Lipinski definition) is 3. The smallest absolute Gasteiger partial charge is 0.291 e. The van der Waals surface area contributed by atoms with Gasteiger partial charge in [0.2, 0.25) is 0 Å². The van der Waals surface area contributed by atoms with Crippen molar-refractivity contribution < 1.29 is 9.21 Å². The van der Waals surface area contributed by atoms with Crippen molar-refractivity contribution in [3.05, 3.63) is 53.5 Å². The van der Waals surface area contributed by atoms with Gasteiger partial charge in [-0.05, 0) is 68.6 Å². The van der Waals surface area contributed by atoms with Gasteiger partial charge in [0.15, 0.2) is 5.76 Å². The number of rotatable bonds is 4. The molecule has 1 amide bonds. The largest absolute Gasteiger partial charge is 0.455 e. The normalized spacial score (nSPS) is 16.4. The maximum atomic E-state index is 12.3. The molecule has 0 bridgehead atoms. The van der Waals surface area contributed by atoms with Gasteiger partial charge in [-0.3, -0.25) is 9.69 Å². The highest BCUT2D eigenvalue weighted by Crippen LogP contribution is 2.19. The third kappa shape index (κ3) is 4.23. The first-order valence-corrected chi connectivity index (χ1v) is 8.29. The van der Waals surface area contributed by atoms with Crippen LogP contribution < -0.4 is 5.32 Å². The van der Waals surface area contributed by atoms with Gasteiger partial charge in [0.1, 0.15) is 5.76 Å². The zero-order chi connectivity index (χ0) is 16.2. The van der Waals surface area contributed by atoms with E-state index in [-0.39, 0.29) is 5.91 Å². The van der Waals surface area contributed by atoms with Crippen molar-refractivity contribution in [3.8, 4) is 0 Å². The van der Waals surface area contributed by atoms with E-state index < -0.39 is 0 Å². The van der Waals surface area contributed by atoms with Crippen LogP contribution in [0, 0.1) is 12.8 Å². The molecular weight excluding hydrogens is 288 g/mol. The van der Waals surface area contributed by atoms with Crippen molar-refractivity contribution >= 4 is 11.6 Å². The Morgan fingerprint density at radius 1 is 1.26 bits per heavy atom. The minimum absolute atomic E-state index is 0.200. The van der Waals surface area contributed by atoms with Gasteiger partial charge < -0.3 is 9.73 Å². The number of nitrogens with zero attached hydrogens (tertiary/aromatic N) is 1. The standard InChI is InChI=1S/C19H24N2O2/c1-14-8-10-21(11-9-14)13-17-6-7-18(23-17)19(22)20-16-5-3-4-15(2)12-16/h3-7,12,14H,8-11,13H2,1-2H3,(H,20,22). The molecule has 3 rings (SSSR count). The summed E-state index contributed by atoms with van der Waals surface area (Å²) in [6.45, 7) is 7.29. The van der Waals surface area contributed by atoms with E-state index in [2.05, 4.69) is 17.1 Å². The zero-order valence-corrected chi connectivity index (χ0v) is 13.8. The molecule has 2 aromatic rings. The first kappa shape index (κ1) is 15.8. The number of nitrogens with one attached hydrogen (secondary N) is 1. The molecule has 1 N–H and O–H groups in total. The molecule has 1 aromatic carbocycles. The zero-order valence-electron chi connectivity index (χ0n) is 13.8. The van der Waals surface area contributed by atoms with Crippen LogP contribution in [0.15, 0.2) is 40.8 Å². The second kappa shape index (κ2) is 7.01. The summed E-state index contributed by atoms with van der Waals surface area (Å²) < 4.78 is 5.72. The van der Waals surface area contributed by atoms with Gasteiger partial charge in [-0.2, -0.15) is 0 Å². The average molecular weight is 312 g/mol. The summed E-state index contributed by atoms with van der Waals surface area (Å²) in [7, 11) is 0. The Kier molecular flexibility index (Phi) is 4.82. The summed E-state index contributed by atoms with van der Waals surface area (Å²) in [4.78, 5) is 14.6. The molecule has 122 valence electrons. The van der Waals surface area contributed by atoms with Crippen molar-refractivity contribution in [1.82, 2.24) is 4.90 Å². The van der Waals surface area contributed by atoms with E-state index in [9.17, 15) is 4.79 Å². The van der Waals surface area contributed by atoms with Crippen LogP contribution in [0.4, 0.5) is 5.69 Å². The maximum absolute atomic E-state index is 12.3. The predicted octanol–water partition coefficient (Wildman–Crippen LogP) is 4.07. The first-order valence-electron chi connectivity index (χ1n) is 8.29. The van der Waals surface area contributed by atoms with Crippen LogP contribution in [0.1, 0.15) is 41.6 Å². The summed E-state index contributed by atoms with van der Waals surface area (Å²) in [6, 6.07) is 11.4. The Hall–Kier alpha value is -2.07. The highest BCUT2D eigenvalue weighted by Gasteiger charge is 2.18. The fourth-order valence-corrected chi connectivity index (χ4v) is 2.94. The second-order valence-electron chi connectivity index (χ2n) is 6.55. The molecule has 0 atom stereocenters. The molecule has 0 spiro atoms. The van der Waals surface area contributed by atoms with Crippen LogP contribution in [-0.4, -0.2) is 23.9 Å². The van der Waals surface area contributed by atoms with E-state index in [0.717, 1.165) is 42.6 Å². The van der Waals surface area contributed by atoms with Crippen molar-refractivity contribution in [3.63, 3.8) is 0 Å². The summed E-state index contributed by atoms with van der Waals surface area (Å²) >= 11 is 0. The second-order valence-corrected chi connectivity index (χ2v) is 6.55. The molecule has 2 heterocycles. The molecule has 4 heteroatoms. The highest BCUT2D eigenvalue weighted by atomic mass is 16.4. The SMILES string of the molecule is Cc1cccc(NC(=O)c2ccc(CN3CCC(C)CC3)o2)c1. The minimum atomic E-state index is -0.200. The molecule has 4 nitrogen and oxygen atoms in total. The summed E-state index contributed by atoms with van der Waals surface area (Å²) in [5.41, 5.74) is 1.90. The van der Waals surface area contributed by atoms with E-state index in [1.807, 2.05) is 37.3 Å². The van der Waals surface area contributed by atoms with E-state index in [0.29, 0.717) is 5.76 Å². The fourth-order valence-electron chi connectivity index (χ4n) is 2.94. The van der Waals surface area contributed by atoms with Crippen LogP contribution in [0.25, 0.3) is 0 Å². The van der Waals surface area contributed by atoms with Crippen molar-refractivity contribution in [2.45, 2.75) is 33.2 Å². The Morgan fingerprint density at radius 3 is 2.78 bits per heavy atom. The number of carbonyl (C=O) groups is 1. The topological polar surface area (TPSA) is 45.5 Å². The minimum Gasteiger partial charge on any atom is -0.455 e. The van der Waals surface area contributed by atoms with Gasteiger partial charge in [-0.1, -0.05) is 19.1 Å². The van der Waals surface area contributed by atoms with Crippen LogP contribution in [0.2, 0.25) is 0 Å².